The van der Waals surface area contributed by atoms with Gasteiger partial charge in [0.05, 0.1) is 5.69 Å². The Labute approximate surface area is 170 Å². The third-order valence-corrected chi connectivity index (χ3v) is 6.70. The van der Waals surface area contributed by atoms with Gasteiger partial charge in [-0.25, -0.2) is 0 Å². The number of carbonyl (C=O) groups excluding carboxylic acids is 1. The monoisotopic (exact) mass is 404 g/mol. The summed E-state index contributed by atoms with van der Waals surface area (Å²) in [5.74, 6) is 0.543. The molecular weight excluding hydrogens is 376 g/mol. The van der Waals surface area contributed by atoms with Crippen molar-refractivity contribution in [3.8, 4) is 0 Å². The standard InChI is InChI=1S/C20H28N4OS2/c1-3-6-17-19(27-23-22-17)20(25)21-13-15-9-11-24(12-10-15)14-16-7-4-5-8-18(16)26-2/h4-5,7-8,15H,3,6,9-14H2,1-2H3,(H,21,25). The Morgan fingerprint density at radius 2 is 2.11 bits per heavy atom. The van der Waals surface area contributed by atoms with Gasteiger partial charge >= 0.3 is 0 Å². The lowest BCUT2D eigenvalue weighted by molar-refractivity contribution is 0.0938. The minimum absolute atomic E-state index is 0.00947. The smallest absolute Gasteiger partial charge is 0.264 e. The average molecular weight is 405 g/mol. The van der Waals surface area contributed by atoms with Crippen molar-refractivity contribution < 1.29 is 4.79 Å². The molecule has 1 N–H and O–H groups in total. The van der Waals surface area contributed by atoms with Crippen LogP contribution in [0.15, 0.2) is 29.2 Å². The molecule has 0 unspecified atom stereocenters. The minimum Gasteiger partial charge on any atom is -0.351 e. The first-order valence-corrected chi connectivity index (χ1v) is 11.6. The lowest BCUT2D eigenvalue weighted by Gasteiger charge is -2.32. The highest BCUT2D eigenvalue weighted by Crippen LogP contribution is 2.24. The molecule has 1 amide bonds. The number of amides is 1. The van der Waals surface area contributed by atoms with Crippen LogP contribution in [0.3, 0.4) is 0 Å². The zero-order valence-corrected chi connectivity index (χ0v) is 17.7. The van der Waals surface area contributed by atoms with E-state index in [1.54, 1.807) is 0 Å². The van der Waals surface area contributed by atoms with Crippen LogP contribution in [-0.4, -0.2) is 46.3 Å². The van der Waals surface area contributed by atoms with E-state index < -0.39 is 0 Å². The first kappa shape index (κ1) is 20.3. The number of thioether (sulfide) groups is 1. The second kappa shape index (κ2) is 10.2. The maximum atomic E-state index is 12.4. The Morgan fingerprint density at radius 1 is 1.33 bits per heavy atom. The van der Waals surface area contributed by atoms with E-state index in [1.807, 2.05) is 11.8 Å². The summed E-state index contributed by atoms with van der Waals surface area (Å²) >= 11 is 3.02. The van der Waals surface area contributed by atoms with Gasteiger partial charge in [0, 0.05) is 18.0 Å². The maximum Gasteiger partial charge on any atom is 0.264 e. The highest BCUT2D eigenvalue weighted by molar-refractivity contribution is 7.98. The van der Waals surface area contributed by atoms with Gasteiger partial charge < -0.3 is 5.32 Å². The fourth-order valence-electron chi connectivity index (χ4n) is 3.52. The van der Waals surface area contributed by atoms with Gasteiger partial charge in [-0.15, -0.1) is 16.9 Å². The lowest BCUT2D eigenvalue weighted by atomic mass is 9.96. The molecule has 2 aromatic rings. The van der Waals surface area contributed by atoms with Crippen molar-refractivity contribution in [3.05, 3.63) is 40.4 Å². The minimum atomic E-state index is -0.00947. The zero-order chi connectivity index (χ0) is 19.1. The Morgan fingerprint density at radius 3 is 2.85 bits per heavy atom. The van der Waals surface area contributed by atoms with Gasteiger partial charge in [-0.3, -0.25) is 9.69 Å². The van der Waals surface area contributed by atoms with Crippen LogP contribution < -0.4 is 5.32 Å². The van der Waals surface area contributed by atoms with Crippen LogP contribution in [0.4, 0.5) is 0 Å². The second-order valence-electron chi connectivity index (χ2n) is 7.04. The van der Waals surface area contributed by atoms with E-state index in [0.717, 1.165) is 57.6 Å². The van der Waals surface area contributed by atoms with Gasteiger partial charge in [-0.2, -0.15) is 0 Å². The maximum absolute atomic E-state index is 12.4. The van der Waals surface area contributed by atoms with Crippen LogP contribution >= 0.6 is 23.3 Å². The lowest BCUT2D eigenvalue weighted by Crippen LogP contribution is -2.38. The quantitative estimate of drug-likeness (QED) is 0.677. The van der Waals surface area contributed by atoms with Crippen molar-refractivity contribution in [2.24, 2.45) is 5.92 Å². The molecule has 1 aliphatic heterocycles. The molecule has 7 heteroatoms. The van der Waals surface area contributed by atoms with E-state index in [2.05, 4.69) is 57.2 Å². The molecule has 1 aromatic heterocycles. The summed E-state index contributed by atoms with van der Waals surface area (Å²) in [6, 6.07) is 8.66. The molecule has 1 saturated heterocycles. The van der Waals surface area contributed by atoms with Crippen molar-refractivity contribution in [3.63, 3.8) is 0 Å². The van der Waals surface area contributed by atoms with Crippen LogP contribution in [0.1, 0.15) is 47.1 Å². The number of rotatable bonds is 8. The van der Waals surface area contributed by atoms with Crippen molar-refractivity contribution in [2.75, 3.05) is 25.9 Å². The van der Waals surface area contributed by atoms with Crippen LogP contribution in [-0.2, 0) is 13.0 Å². The van der Waals surface area contributed by atoms with Gasteiger partial charge in [0.1, 0.15) is 4.88 Å². The van der Waals surface area contributed by atoms with Gasteiger partial charge in [0.2, 0.25) is 0 Å². The number of benzene rings is 1. The summed E-state index contributed by atoms with van der Waals surface area (Å²) in [4.78, 5) is 17.0. The summed E-state index contributed by atoms with van der Waals surface area (Å²) in [7, 11) is 0. The molecule has 0 radical (unpaired) electrons. The number of piperidine rings is 1. The van der Waals surface area contributed by atoms with Crippen molar-refractivity contribution >= 4 is 29.2 Å². The summed E-state index contributed by atoms with van der Waals surface area (Å²) < 4.78 is 3.94. The molecule has 3 rings (SSSR count). The molecule has 0 bridgehead atoms. The number of aryl methyl sites for hydroxylation is 1. The van der Waals surface area contributed by atoms with Crippen LogP contribution in [0, 0.1) is 5.92 Å². The van der Waals surface area contributed by atoms with Crippen molar-refractivity contribution in [2.45, 2.75) is 44.0 Å². The summed E-state index contributed by atoms with van der Waals surface area (Å²) in [5.41, 5.74) is 2.25. The molecule has 0 saturated carbocycles. The predicted octanol–water partition coefficient (Wildman–Crippen LogP) is 3.85. The van der Waals surface area contributed by atoms with Gasteiger partial charge in [-0.05, 0) is 67.7 Å². The first-order valence-electron chi connectivity index (χ1n) is 9.65. The summed E-state index contributed by atoms with van der Waals surface area (Å²) in [6.07, 6.45) is 6.19. The number of nitrogens with one attached hydrogen (secondary N) is 1. The number of nitrogens with zero attached hydrogens (tertiary/aromatic N) is 3. The Hall–Kier alpha value is -1.44. The highest BCUT2D eigenvalue weighted by atomic mass is 32.2. The molecule has 1 fully saturated rings. The van der Waals surface area contributed by atoms with Crippen LogP contribution in [0.2, 0.25) is 0 Å². The number of aromatic nitrogens is 2. The van der Waals surface area contributed by atoms with E-state index in [4.69, 9.17) is 0 Å². The number of hydrogen-bond acceptors (Lipinski definition) is 6. The average Bonchev–Trinajstić information content (AvgIpc) is 3.16. The zero-order valence-electron chi connectivity index (χ0n) is 16.1. The summed E-state index contributed by atoms with van der Waals surface area (Å²) in [6.45, 7) is 6.03. The highest BCUT2D eigenvalue weighted by Gasteiger charge is 2.22. The van der Waals surface area contributed by atoms with E-state index in [-0.39, 0.29) is 5.91 Å². The first-order chi connectivity index (χ1) is 13.2. The van der Waals surface area contributed by atoms with E-state index in [0.29, 0.717) is 10.8 Å². The van der Waals surface area contributed by atoms with Crippen LogP contribution in [0.5, 0.6) is 0 Å². The SMILES string of the molecule is CCCc1nnsc1C(=O)NCC1CCN(Cc2ccccc2SC)CC1. The molecule has 0 atom stereocenters. The largest absolute Gasteiger partial charge is 0.351 e. The molecule has 5 nitrogen and oxygen atoms in total. The topological polar surface area (TPSA) is 58.1 Å². The van der Waals surface area contributed by atoms with Gasteiger partial charge in [-0.1, -0.05) is 36.0 Å². The second-order valence-corrected chi connectivity index (χ2v) is 8.64. The van der Waals surface area contributed by atoms with Crippen molar-refractivity contribution in [1.82, 2.24) is 19.8 Å². The number of carbonyl (C=O) groups is 1. The molecule has 146 valence electrons. The van der Waals surface area contributed by atoms with Gasteiger partial charge in [0.25, 0.3) is 5.91 Å². The third-order valence-electron chi connectivity index (χ3n) is 5.09. The Bertz CT molecular complexity index is 741. The molecule has 27 heavy (non-hydrogen) atoms. The van der Waals surface area contributed by atoms with E-state index >= 15 is 0 Å². The van der Waals surface area contributed by atoms with Crippen molar-refractivity contribution in [1.29, 1.82) is 0 Å². The molecule has 2 heterocycles. The molecule has 1 aliphatic rings. The summed E-state index contributed by atoms with van der Waals surface area (Å²) in [5, 5.41) is 7.19. The number of likely N-dealkylation sites (tertiary alicyclic amines) is 1. The molecular formula is C20H28N4OS2. The Kier molecular flexibility index (Phi) is 7.67. The normalized spacial score (nSPS) is 15.8. The number of hydrogen-bond donors (Lipinski definition) is 1. The Balaban J connectivity index is 1.44. The molecule has 0 aliphatic carbocycles. The van der Waals surface area contributed by atoms with E-state index in [1.165, 1.54) is 22.0 Å². The third kappa shape index (κ3) is 5.53. The van der Waals surface area contributed by atoms with E-state index in [9.17, 15) is 4.79 Å². The fraction of sp³-hybridized carbons (Fsp3) is 0.550. The molecule has 0 spiro atoms. The fourth-order valence-corrected chi connectivity index (χ4v) is 4.76. The van der Waals surface area contributed by atoms with Gasteiger partial charge in [0.15, 0.2) is 0 Å². The molecule has 1 aromatic carbocycles. The predicted molar refractivity (Wildman–Crippen MR) is 112 cm³/mol. The van der Waals surface area contributed by atoms with Crippen LogP contribution in [0.25, 0.3) is 0 Å².